The Hall–Kier alpha value is -3.13. The minimum absolute atomic E-state index is 0.0165. The van der Waals surface area contributed by atoms with Crippen molar-refractivity contribution in [3.63, 3.8) is 0 Å². The zero-order valence-corrected chi connectivity index (χ0v) is 19.1. The Labute approximate surface area is 188 Å². The molecule has 172 valence electrons. The Balaban J connectivity index is 1.55. The lowest BCUT2D eigenvalue weighted by Crippen LogP contribution is -2.36. The first-order valence-electron chi connectivity index (χ1n) is 10.8. The quantitative estimate of drug-likeness (QED) is 0.461. The molecule has 3 rings (SSSR count). The van der Waals surface area contributed by atoms with Crippen molar-refractivity contribution in [3.8, 4) is 11.5 Å². The second kappa shape index (κ2) is 10.5. The summed E-state index contributed by atoms with van der Waals surface area (Å²) in [5, 5.41) is 18.0. The smallest absolute Gasteiger partial charge is 0.315 e. The van der Waals surface area contributed by atoms with Crippen LogP contribution >= 0.6 is 0 Å². The number of carbonyl (C=O) groups excluding carboxylic acids is 1. The van der Waals surface area contributed by atoms with E-state index in [-0.39, 0.29) is 34.2 Å². The molecule has 0 atom stereocenters. The maximum absolute atomic E-state index is 12.7. The monoisotopic (exact) mass is 441 g/mol. The Kier molecular flexibility index (Phi) is 7.69. The van der Waals surface area contributed by atoms with Gasteiger partial charge < -0.3 is 20.1 Å². The third kappa shape index (κ3) is 5.37. The van der Waals surface area contributed by atoms with E-state index in [2.05, 4.69) is 10.6 Å². The Morgan fingerprint density at radius 1 is 1.03 bits per heavy atom. The molecule has 8 heteroatoms. The summed E-state index contributed by atoms with van der Waals surface area (Å²) in [4.78, 5) is 23.9. The molecule has 1 fully saturated rings. The predicted molar refractivity (Wildman–Crippen MR) is 123 cm³/mol. The molecule has 0 spiro atoms. The van der Waals surface area contributed by atoms with Crippen LogP contribution < -0.4 is 20.1 Å². The zero-order chi connectivity index (χ0) is 23.3. The molecule has 32 heavy (non-hydrogen) atoms. The van der Waals surface area contributed by atoms with Crippen LogP contribution in [-0.4, -0.2) is 31.1 Å². The summed E-state index contributed by atoms with van der Waals surface area (Å²) in [6.07, 6.45) is 3.24. The van der Waals surface area contributed by atoms with E-state index < -0.39 is 0 Å². The lowest BCUT2D eigenvalue weighted by molar-refractivity contribution is -0.386. The summed E-state index contributed by atoms with van der Waals surface area (Å²) in [6.45, 7) is 4.21. The van der Waals surface area contributed by atoms with Gasteiger partial charge in [0.1, 0.15) is 5.75 Å². The Morgan fingerprint density at radius 2 is 1.69 bits per heavy atom. The van der Waals surface area contributed by atoms with Crippen LogP contribution in [0.2, 0.25) is 0 Å². The van der Waals surface area contributed by atoms with Crippen LogP contribution in [0.4, 0.5) is 11.4 Å². The number of benzene rings is 2. The van der Waals surface area contributed by atoms with E-state index in [1.807, 2.05) is 38.1 Å². The number of methoxy groups -OCH3 is 2. The SMILES string of the molecule is COc1ccc(NC(=O)C2CCC(NCc3c(C)ccc(OC)c3[N+](=O)[O-])CC2)cc1C. The van der Waals surface area contributed by atoms with Crippen molar-refractivity contribution in [3.05, 3.63) is 57.1 Å². The number of nitro benzene ring substituents is 1. The number of aryl methyl sites for hydroxylation is 2. The van der Waals surface area contributed by atoms with E-state index in [1.165, 1.54) is 7.11 Å². The van der Waals surface area contributed by atoms with Crippen LogP contribution in [0.15, 0.2) is 30.3 Å². The van der Waals surface area contributed by atoms with Crippen molar-refractivity contribution in [2.75, 3.05) is 19.5 Å². The molecule has 1 amide bonds. The lowest BCUT2D eigenvalue weighted by atomic mass is 9.85. The standard InChI is InChI=1S/C24H31N3O5/c1-15-5-11-22(32-4)23(27(29)30)20(15)14-25-18-8-6-17(7-9-18)24(28)26-19-10-12-21(31-3)16(2)13-19/h5,10-13,17-18,25H,6-9,14H2,1-4H3,(H,26,28). The first kappa shape index (κ1) is 23.5. The molecule has 0 saturated heterocycles. The van der Waals surface area contributed by atoms with E-state index in [0.29, 0.717) is 12.1 Å². The Morgan fingerprint density at radius 3 is 2.28 bits per heavy atom. The number of hydrogen-bond acceptors (Lipinski definition) is 6. The fourth-order valence-corrected chi connectivity index (χ4v) is 4.31. The van der Waals surface area contributed by atoms with E-state index in [4.69, 9.17) is 9.47 Å². The van der Waals surface area contributed by atoms with Gasteiger partial charge in [0, 0.05) is 24.2 Å². The minimum atomic E-state index is -0.384. The number of rotatable bonds is 8. The van der Waals surface area contributed by atoms with Crippen molar-refractivity contribution in [1.29, 1.82) is 0 Å². The van der Waals surface area contributed by atoms with Crippen LogP contribution in [0.1, 0.15) is 42.4 Å². The molecule has 1 saturated carbocycles. The van der Waals surface area contributed by atoms with Crippen molar-refractivity contribution in [1.82, 2.24) is 5.32 Å². The zero-order valence-electron chi connectivity index (χ0n) is 19.1. The molecule has 2 aromatic carbocycles. The fourth-order valence-electron chi connectivity index (χ4n) is 4.31. The molecule has 0 radical (unpaired) electrons. The van der Waals surface area contributed by atoms with Gasteiger partial charge in [-0.05, 0) is 74.9 Å². The van der Waals surface area contributed by atoms with Crippen LogP contribution in [0.25, 0.3) is 0 Å². The number of nitro groups is 1. The van der Waals surface area contributed by atoms with Gasteiger partial charge in [0.15, 0.2) is 5.75 Å². The number of amides is 1. The highest BCUT2D eigenvalue weighted by atomic mass is 16.6. The molecule has 8 nitrogen and oxygen atoms in total. The van der Waals surface area contributed by atoms with Crippen molar-refractivity contribution in [2.24, 2.45) is 5.92 Å². The van der Waals surface area contributed by atoms with E-state index >= 15 is 0 Å². The predicted octanol–water partition coefficient (Wildman–Crippen LogP) is 4.52. The lowest BCUT2D eigenvalue weighted by Gasteiger charge is -2.28. The third-order valence-electron chi connectivity index (χ3n) is 6.21. The Bertz CT molecular complexity index is 984. The maximum atomic E-state index is 12.7. The van der Waals surface area contributed by atoms with Gasteiger partial charge in [0.05, 0.1) is 24.7 Å². The molecule has 2 aromatic rings. The first-order chi connectivity index (χ1) is 15.3. The van der Waals surface area contributed by atoms with Crippen LogP contribution in [0.3, 0.4) is 0 Å². The molecule has 1 aliphatic rings. The van der Waals surface area contributed by atoms with Gasteiger partial charge in [-0.3, -0.25) is 14.9 Å². The van der Waals surface area contributed by atoms with Gasteiger partial charge in [-0.1, -0.05) is 6.07 Å². The number of nitrogens with zero attached hydrogens (tertiary/aromatic N) is 1. The number of carbonyl (C=O) groups is 1. The summed E-state index contributed by atoms with van der Waals surface area (Å²) in [5.74, 6) is 1.06. The number of anilines is 1. The largest absolute Gasteiger partial charge is 0.496 e. The van der Waals surface area contributed by atoms with Gasteiger partial charge in [0.25, 0.3) is 0 Å². The average Bonchev–Trinajstić information content (AvgIpc) is 2.78. The molecular formula is C24H31N3O5. The second-order valence-corrected chi connectivity index (χ2v) is 8.27. The van der Waals surface area contributed by atoms with Crippen LogP contribution in [-0.2, 0) is 11.3 Å². The molecule has 0 heterocycles. The summed E-state index contributed by atoms with van der Waals surface area (Å²) in [6, 6.07) is 9.29. The van der Waals surface area contributed by atoms with Crippen LogP contribution in [0, 0.1) is 29.9 Å². The van der Waals surface area contributed by atoms with Gasteiger partial charge in [-0.25, -0.2) is 0 Å². The topological polar surface area (TPSA) is 103 Å². The highest BCUT2D eigenvalue weighted by molar-refractivity contribution is 5.92. The molecule has 0 bridgehead atoms. The van der Waals surface area contributed by atoms with Gasteiger partial charge in [-0.2, -0.15) is 0 Å². The molecule has 0 unspecified atom stereocenters. The molecule has 2 N–H and O–H groups in total. The van der Waals surface area contributed by atoms with Crippen molar-refractivity contribution >= 4 is 17.3 Å². The number of ether oxygens (including phenoxy) is 2. The maximum Gasteiger partial charge on any atom is 0.315 e. The molecule has 1 aliphatic carbocycles. The highest BCUT2D eigenvalue weighted by Gasteiger charge is 2.28. The van der Waals surface area contributed by atoms with E-state index in [1.54, 1.807) is 13.2 Å². The second-order valence-electron chi connectivity index (χ2n) is 8.27. The van der Waals surface area contributed by atoms with Gasteiger partial charge in [-0.15, -0.1) is 0 Å². The summed E-state index contributed by atoms with van der Waals surface area (Å²) in [5.41, 5.74) is 3.26. The average molecular weight is 442 g/mol. The molecule has 0 aromatic heterocycles. The highest BCUT2D eigenvalue weighted by Crippen LogP contribution is 2.34. The van der Waals surface area contributed by atoms with Crippen molar-refractivity contribution in [2.45, 2.75) is 52.1 Å². The first-order valence-corrected chi connectivity index (χ1v) is 10.8. The normalized spacial score (nSPS) is 18.1. The minimum Gasteiger partial charge on any atom is -0.496 e. The number of nitrogens with one attached hydrogen (secondary N) is 2. The summed E-state index contributed by atoms with van der Waals surface area (Å²) in [7, 11) is 3.06. The van der Waals surface area contributed by atoms with Gasteiger partial charge >= 0.3 is 5.69 Å². The fraction of sp³-hybridized carbons (Fsp3) is 0.458. The summed E-state index contributed by atoms with van der Waals surface area (Å²) < 4.78 is 10.4. The van der Waals surface area contributed by atoms with E-state index in [9.17, 15) is 14.9 Å². The number of hydrogen-bond donors (Lipinski definition) is 2. The third-order valence-corrected chi connectivity index (χ3v) is 6.21. The van der Waals surface area contributed by atoms with Crippen molar-refractivity contribution < 1.29 is 19.2 Å². The molecule has 0 aliphatic heterocycles. The van der Waals surface area contributed by atoms with Gasteiger partial charge in [0.2, 0.25) is 5.91 Å². The van der Waals surface area contributed by atoms with Crippen LogP contribution in [0.5, 0.6) is 11.5 Å². The summed E-state index contributed by atoms with van der Waals surface area (Å²) >= 11 is 0. The molecular weight excluding hydrogens is 410 g/mol. The van der Waals surface area contributed by atoms with E-state index in [0.717, 1.165) is 48.2 Å².